The molecule has 1 aliphatic heterocycles. The molecule has 0 saturated carbocycles. The average molecular weight is 556 g/mol. The summed E-state index contributed by atoms with van der Waals surface area (Å²) in [7, 11) is 3.52. The molecule has 1 fully saturated rings. The lowest BCUT2D eigenvalue weighted by Gasteiger charge is -2.34. The van der Waals surface area contributed by atoms with Gasteiger partial charge in [-0.2, -0.15) is 0 Å². The molecule has 1 aromatic carbocycles. The quantitative estimate of drug-likeness (QED) is 0.299. The molecule has 0 spiro atoms. The number of likely N-dealkylation sites (N-methyl/N-ethyl adjacent to an activating group) is 1. The molecule has 2 heterocycles. The van der Waals surface area contributed by atoms with E-state index in [2.05, 4.69) is 68.4 Å². The van der Waals surface area contributed by atoms with Crippen molar-refractivity contribution >= 4 is 47.2 Å². The molecule has 2 N–H and O–H groups in total. The van der Waals surface area contributed by atoms with Crippen LogP contribution < -0.4 is 10.6 Å². The van der Waals surface area contributed by atoms with Crippen LogP contribution in [0.4, 0.5) is 0 Å². The SMILES string of the molecule is CN(C)C(=O)CN=C(NCCc1cccs1)NC1CCCN(Cc2ccccc2)C1.I. The van der Waals surface area contributed by atoms with Gasteiger partial charge in [-0.3, -0.25) is 9.69 Å². The first-order valence-electron chi connectivity index (χ1n) is 10.6. The summed E-state index contributed by atoms with van der Waals surface area (Å²) in [4.78, 5) is 22.0. The lowest BCUT2D eigenvalue weighted by Crippen LogP contribution is -2.51. The van der Waals surface area contributed by atoms with E-state index in [0.29, 0.717) is 6.04 Å². The topological polar surface area (TPSA) is 60.0 Å². The number of thiophene rings is 1. The molecule has 0 aliphatic carbocycles. The number of guanidine groups is 1. The number of carbonyl (C=O) groups excluding carboxylic acids is 1. The summed E-state index contributed by atoms with van der Waals surface area (Å²) in [5, 5.41) is 9.10. The van der Waals surface area contributed by atoms with Crippen LogP contribution in [0.1, 0.15) is 23.3 Å². The van der Waals surface area contributed by atoms with Crippen molar-refractivity contribution in [3.05, 3.63) is 58.3 Å². The van der Waals surface area contributed by atoms with Crippen molar-refractivity contribution in [2.75, 3.05) is 40.3 Å². The number of hydrogen-bond acceptors (Lipinski definition) is 4. The summed E-state index contributed by atoms with van der Waals surface area (Å²) >= 11 is 1.77. The van der Waals surface area contributed by atoms with Gasteiger partial charge in [0, 0.05) is 44.6 Å². The number of piperidine rings is 1. The Balaban J connectivity index is 0.00000341. The first kappa shape index (κ1) is 25.6. The number of rotatable bonds is 8. The van der Waals surface area contributed by atoms with Gasteiger partial charge in [-0.25, -0.2) is 4.99 Å². The number of halogens is 1. The van der Waals surface area contributed by atoms with Gasteiger partial charge < -0.3 is 15.5 Å². The van der Waals surface area contributed by atoms with Gasteiger partial charge in [-0.05, 0) is 42.8 Å². The predicted octanol–water partition coefficient (Wildman–Crippen LogP) is 3.20. The van der Waals surface area contributed by atoms with Crippen LogP contribution in [0.3, 0.4) is 0 Å². The first-order valence-corrected chi connectivity index (χ1v) is 11.5. The highest BCUT2D eigenvalue weighted by atomic mass is 127. The van der Waals surface area contributed by atoms with E-state index in [1.165, 1.54) is 10.4 Å². The Morgan fingerprint density at radius 3 is 2.74 bits per heavy atom. The number of benzene rings is 1. The summed E-state index contributed by atoms with van der Waals surface area (Å²) in [6, 6.07) is 15.2. The fourth-order valence-electron chi connectivity index (χ4n) is 3.55. The van der Waals surface area contributed by atoms with Crippen molar-refractivity contribution in [1.82, 2.24) is 20.4 Å². The largest absolute Gasteiger partial charge is 0.356 e. The van der Waals surface area contributed by atoms with Crippen LogP contribution in [0.5, 0.6) is 0 Å². The maximum atomic E-state index is 12.0. The number of hydrogen-bond donors (Lipinski definition) is 2. The third kappa shape index (κ3) is 9.16. The molecule has 1 amide bonds. The van der Waals surface area contributed by atoms with Crippen LogP contribution in [0.2, 0.25) is 0 Å². The molecule has 170 valence electrons. The summed E-state index contributed by atoms with van der Waals surface area (Å²) in [6.45, 7) is 4.01. The van der Waals surface area contributed by atoms with Gasteiger partial charge >= 0.3 is 0 Å². The second-order valence-corrected chi connectivity index (χ2v) is 8.95. The van der Waals surface area contributed by atoms with Gasteiger partial charge in [-0.15, -0.1) is 35.3 Å². The summed E-state index contributed by atoms with van der Waals surface area (Å²) in [5.74, 6) is 0.733. The van der Waals surface area contributed by atoms with Crippen molar-refractivity contribution in [3.63, 3.8) is 0 Å². The monoisotopic (exact) mass is 555 g/mol. The lowest BCUT2D eigenvalue weighted by molar-refractivity contribution is -0.127. The molecule has 31 heavy (non-hydrogen) atoms. The Hall–Kier alpha value is -1.65. The van der Waals surface area contributed by atoms with Crippen LogP contribution >= 0.6 is 35.3 Å². The highest BCUT2D eigenvalue weighted by Gasteiger charge is 2.21. The molecule has 1 aliphatic rings. The van der Waals surface area contributed by atoms with Crippen LogP contribution in [0, 0.1) is 0 Å². The Labute approximate surface area is 207 Å². The van der Waals surface area contributed by atoms with E-state index in [0.717, 1.165) is 51.4 Å². The number of nitrogens with zero attached hydrogens (tertiary/aromatic N) is 3. The smallest absolute Gasteiger partial charge is 0.243 e. The van der Waals surface area contributed by atoms with E-state index in [4.69, 9.17) is 0 Å². The molecule has 3 rings (SSSR count). The third-order valence-electron chi connectivity index (χ3n) is 5.21. The molecule has 6 nitrogen and oxygen atoms in total. The number of likely N-dealkylation sites (tertiary alicyclic amines) is 1. The maximum Gasteiger partial charge on any atom is 0.243 e. The van der Waals surface area contributed by atoms with Gasteiger partial charge in [0.15, 0.2) is 5.96 Å². The van der Waals surface area contributed by atoms with Crippen molar-refractivity contribution in [2.45, 2.75) is 31.8 Å². The van der Waals surface area contributed by atoms with E-state index < -0.39 is 0 Å². The fourth-order valence-corrected chi connectivity index (χ4v) is 4.26. The van der Waals surface area contributed by atoms with Gasteiger partial charge in [-0.1, -0.05) is 36.4 Å². The Kier molecular flexibility index (Phi) is 11.3. The molecule has 0 radical (unpaired) electrons. The van der Waals surface area contributed by atoms with E-state index in [-0.39, 0.29) is 36.4 Å². The summed E-state index contributed by atoms with van der Waals surface area (Å²) < 4.78 is 0. The number of amides is 1. The molecule has 8 heteroatoms. The molecule has 1 atom stereocenters. The minimum atomic E-state index is 0. The molecular formula is C23H34IN5OS. The lowest BCUT2D eigenvalue weighted by atomic mass is 10.0. The molecule has 1 unspecified atom stereocenters. The Morgan fingerprint density at radius 1 is 1.23 bits per heavy atom. The molecule has 2 aromatic rings. The van der Waals surface area contributed by atoms with Gasteiger partial charge in [0.05, 0.1) is 0 Å². The summed E-state index contributed by atoms with van der Waals surface area (Å²) in [5.41, 5.74) is 1.35. The van der Waals surface area contributed by atoms with E-state index in [1.54, 1.807) is 30.3 Å². The highest BCUT2D eigenvalue weighted by molar-refractivity contribution is 14.0. The van der Waals surface area contributed by atoms with E-state index >= 15 is 0 Å². The van der Waals surface area contributed by atoms with Crippen molar-refractivity contribution in [1.29, 1.82) is 0 Å². The first-order chi connectivity index (χ1) is 14.6. The molecule has 1 aromatic heterocycles. The zero-order chi connectivity index (χ0) is 21.2. The standard InChI is InChI=1S/C23H33N5OS.HI/c1-27(2)22(29)16-25-23(24-13-12-21-11-7-15-30-21)26-20-10-6-14-28(18-20)17-19-8-4-3-5-9-19;/h3-5,7-9,11,15,20H,6,10,12-14,16-18H2,1-2H3,(H2,24,25,26);1H. The third-order valence-corrected chi connectivity index (χ3v) is 6.15. The number of aliphatic imine (C=N–C) groups is 1. The van der Waals surface area contributed by atoms with Crippen LogP contribution in [-0.2, 0) is 17.8 Å². The predicted molar refractivity (Wildman–Crippen MR) is 140 cm³/mol. The summed E-state index contributed by atoms with van der Waals surface area (Å²) in [6.07, 6.45) is 3.22. The minimum Gasteiger partial charge on any atom is -0.356 e. The van der Waals surface area contributed by atoms with Crippen LogP contribution in [-0.4, -0.2) is 68.0 Å². The van der Waals surface area contributed by atoms with Crippen LogP contribution in [0.15, 0.2) is 52.8 Å². The second kappa shape index (κ2) is 13.7. The molecule has 0 bridgehead atoms. The van der Waals surface area contributed by atoms with Gasteiger partial charge in [0.1, 0.15) is 6.54 Å². The average Bonchev–Trinajstić information content (AvgIpc) is 3.26. The maximum absolute atomic E-state index is 12.0. The zero-order valence-electron chi connectivity index (χ0n) is 18.4. The number of carbonyl (C=O) groups is 1. The zero-order valence-corrected chi connectivity index (χ0v) is 21.6. The normalized spacial score (nSPS) is 17.0. The molecular weight excluding hydrogens is 521 g/mol. The Morgan fingerprint density at radius 2 is 2.03 bits per heavy atom. The fraction of sp³-hybridized carbons (Fsp3) is 0.478. The van der Waals surface area contributed by atoms with Crippen molar-refractivity contribution in [3.8, 4) is 0 Å². The Bertz CT molecular complexity index is 798. The van der Waals surface area contributed by atoms with Crippen molar-refractivity contribution in [2.24, 2.45) is 4.99 Å². The highest BCUT2D eigenvalue weighted by Crippen LogP contribution is 2.14. The van der Waals surface area contributed by atoms with Gasteiger partial charge in [0.25, 0.3) is 0 Å². The second-order valence-electron chi connectivity index (χ2n) is 7.91. The number of nitrogens with one attached hydrogen (secondary N) is 2. The minimum absolute atomic E-state index is 0. The van der Waals surface area contributed by atoms with Crippen LogP contribution in [0.25, 0.3) is 0 Å². The van der Waals surface area contributed by atoms with Gasteiger partial charge in [0.2, 0.25) is 5.91 Å². The van der Waals surface area contributed by atoms with E-state index in [9.17, 15) is 4.79 Å². The van der Waals surface area contributed by atoms with E-state index in [1.807, 2.05) is 0 Å². The van der Waals surface area contributed by atoms with Crippen molar-refractivity contribution < 1.29 is 4.79 Å². The molecule has 1 saturated heterocycles.